The lowest BCUT2D eigenvalue weighted by Crippen LogP contribution is -3.00. The number of nitrogens with zero attached hydrogens (tertiary/aromatic N) is 3. The number of quaternary nitrogens is 1. The zero-order valence-electron chi connectivity index (χ0n) is 22.2. The van der Waals surface area contributed by atoms with Crippen LogP contribution in [0.25, 0.3) is 11.5 Å². The monoisotopic (exact) mass is 535 g/mol. The zero-order chi connectivity index (χ0) is 25.3. The zero-order valence-corrected chi connectivity index (χ0v) is 23.0. The van der Waals surface area contributed by atoms with Crippen LogP contribution in [0.4, 0.5) is 0 Å². The van der Waals surface area contributed by atoms with E-state index in [0.29, 0.717) is 11.8 Å². The van der Waals surface area contributed by atoms with Gasteiger partial charge < -0.3 is 26.0 Å². The van der Waals surface area contributed by atoms with E-state index in [0.717, 1.165) is 86.3 Å². The van der Waals surface area contributed by atoms with Gasteiger partial charge in [0, 0.05) is 24.3 Å². The maximum Gasteiger partial charge on any atom is 0.331 e. The van der Waals surface area contributed by atoms with Crippen molar-refractivity contribution in [3.8, 4) is 11.5 Å². The molecule has 4 saturated heterocycles. The van der Waals surface area contributed by atoms with Gasteiger partial charge in [-0.1, -0.05) is 55.0 Å². The van der Waals surface area contributed by atoms with Crippen molar-refractivity contribution in [2.45, 2.75) is 57.2 Å². The van der Waals surface area contributed by atoms with E-state index in [1.54, 1.807) is 6.26 Å². The Morgan fingerprint density at radius 3 is 2.37 bits per heavy atom. The summed E-state index contributed by atoms with van der Waals surface area (Å²) in [6.07, 6.45) is 7.42. The van der Waals surface area contributed by atoms with Gasteiger partial charge in [0.1, 0.15) is 30.6 Å². The molecule has 2 atom stereocenters. The van der Waals surface area contributed by atoms with Gasteiger partial charge in [0.25, 0.3) is 0 Å². The highest BCUT2D eigenvalue weighted by Gasteiger charge is 2.51. The van der Waals surface area contributed by atoms with Crippen LogP contribution in [-0.4, -0.2) is 59.2 Å². The Balaban J connectivity index is 0.00000294. The van der Waals surface area contributed by atoms with E-state index in [1.165, 1.54) is 6.42 Å². The summed E-state index contributed by atoms with van der Waals surface area (Å²) in [5.41, 5.74) is 2.25. The first-order valence-electron chi connectivity index (χ1n) is 13.9. The van der Waals surface area contributed by atoms with Crippen molar-refractivity contribution in [1.82, 2.24) is 9.88 Å². The molecule has 4 fully saturated rings. The molecule has 0 spiro atoms. The molecule has 2 bridgehead atoms. The summed E-state index contributed by atoms with van der Waals surface area (Å²) in [5, 5.41) is 0. The average Bonchev–Trinajstić information content (AvgIpc) is 3.42. The quantitative estimate of drug-likeness (QED) is 0.343. The molecule has 0 saturated carbocycles. The molecule has 0 radical (unpaired) electrons. The molecule has 3 aromatic rings. The number of benzene rings is 2. The topological polar surface area (TPSA) is 55.6 Å². The molecule has 5 heterocycles. The molecule has 202 valence electrons. The van der Waals surface area contributed by atoms with Gasteiger partial charge in [0.05, 0.1) is 13.1 Å². The van der Waals surface area contributed by atoms with E-state index >= 15 is 0 Å². The lowest BCUT2D eigenvalue weighted by Gasteiger charge is -2.52. The first kappa shape index (κ1) is 26.9. The largest absolute Gasteiger partial charge is 1.00 e. The number of esters is 1. The van der Waals surface area contributed by atoms with Crippen LogP contribution >= 0.6 is 0 Å². The molecule has 0 amide bonds. The van der Waals surface area contributed by atoms with Crippen LogP contribution in [0.3, 0.4) is 0 Å². The Kier molecular flexibility index (Phi) is 7.94. The number of carbonyl (C=O) groups is 1. The van der Waals surface area contributed by atoms with E-state index in [-0.39, 0.29) is 24.5 Å². The molecule has 2 aromatic carbocycles. The molecular weight excluding hydrogens is 498 g/mol. The second kappa shape index (κ2) is 11.2. The van der Waals surface area contributed by atoms with Crippen LogP contribution in [0, 0.1) is 5.92 Å². The van der Waals surface area contributed by atoms with Crippen molar-refractivity contribution in [1.29, 1.82) is 0 Å². The highest BCUT2D eigenvalue weighted by Crippen LogP contribution is 2.39. The van der Waals surface area contributed by atoms with Crippen molar-refractivity contribution in [2.24, 2.45) is 5.92 Å². The van der Waals surface area contributed by atoms with Crippen LogP contribution in [-0.2, 0) is 21.6 Å². The van der Waals surface area contributed by atoms with Gasteiger partial charge >= 0.3 is 5.97 Å². The van der Waals surface area contributed by atoms with E-state index < -0.39 is 5.54 Å². The van der Waals surface area contributed by atoms with Crippen LogP contribution in [0.2, 0.25) is 0 Å². The molecule has 0 aliphatic carbocycles. The lowest BCUT2D eigenvalue weighted by atomic mass is 9.82. The number of hydrogen-bond acceptors (Lipinski definition) is 5. The van der Waals surface area contributed by atoms with Gasteiger partial charge in [-0.05, 0) is 50.6 Å². The number of ether oxygens (including phenoxy) is 1. The summed E-state index contributed by atoms with van der Waals surface area (Å²) >= 11 is 0. The molecule has 38 heavy (non-hydrogen) atoms. The normalized spacial score (nSPS) is 26.8. The van der Waals surface area contributed by atoms with Gasteiger partial charge in [-0.3, -0.25) is 4.90 Å². The Morgan fingerprint density at radius 1 is 1.03 bits per heavy atom. The number of fused-ring (bicyclic) bond motifs is 3. The maximum absolute atomic E-state index is 14.0. The van der Waals surface area contributed by atoms with Crippen molar-refractivity contribution < 1.29 is 30.8 Å². The predicted octanol–water partition coefficient (Wildman–Crippen LogP) is 2.40. The summed E-state index contributed by atoms with van der Waals surface area (Å²) in [7, 11) is 0. The van der Waals surface area contributed by atoms with Crippen molar-refractivity contribution in [2.75, 3.05) is 32.7 Å². The van der Waals surface area contributed by atoms with E-state index in [1.807, 2.05) is 48.5 Å². The van der Waals surface area contributed by atoms with Crippen molar-refractivity contribution in [3.63, 3.8) is 0 Å². The standard InChI is InChI=1S/C31H38N3O3.ClH/c1-31(26-13-7-3-8-14-26,33-17-9-4-10-18-33)30(35)37-28-22-34(19-15-24(28)16-20-34)21-27-23-36-29(32-27)25-11-5-2-6-12-25;/h2-3,5-8,11-14,23-24,28H,4,9-10,15-22H2,1H3;1H/q+1;/p-1/t24?,28-,31+,34?;/m0./s1. The minimum absolute atomic E-state index is 0. The fourth-order valence-corrected chi connectivity index (χ4v) is 6.80. The summed E-state index contributed by atoms with van der Waals surface area (Å²) in [6, 6.07) is 20.3. The lowest BCUT2D eigenvalue weighted by molar-refractivity contribution is -0.958. The first-order valence-corrected chi connectivity index (χ1v) is 13.9. The SMILES string of the molecule is C[C@](C(=O)O[C@H]1C[N+]2(Cc3coc(-c4ccccc4)n3)CCC1CC2)(c1ccccc1)N1CCCCC1.[Cl-]. The second-order valence-corrected chi connectivity index (χ2v) is 11.4. The Morgan fingerprint density at radius 2 is 1.68 bits per heavy atom. The third kappa shape index (κ3) is 5.14. The van der Waals surface area contributed by atoms with Crippen molar-refractivity contribution >= 4 is 5.97 Å². The number of rotatable bonds is 7. The molecule has 0 N–H and O–H groups in total. The molecule has 6 nitrogen and oxygen atoms in total. The predicted molar refractivity (Wildman–Crippen MR) is 142 cm³/mol. The van der Waals surface area contributed by atoms with Gasteiger partial charge in [-0.15, -0.1) is 0 Å². The molecule has 7 rings (SSSR count). The number of likely N-dealkylation sites (tertiary alicyclic amines) is 1. The van der Waals surface area contributed by atoms with Crippen LogP contribution < -0.4 is 12.4 Å². The second-order valence-electron chi connectivity index (χ2n) is 11.4. The fraction of sp³-hybridized carbons (Fsp3) is 0.484. The Bertz CT molecular complexity index is 1200. The third-order valence-corrected chi connectivity index (χ3v) is 9.09. The first-order chi connectivity index (χ1) is 18.1. The van der Waals surface area contributed by atoms with Crippen molar-refractivity contribution in [3.05, 3.63) is 78.2 Å². The molecule has 0 unspecified atom stereocenters. The average molecular weight is 536 g/mol. The number of hydrogen-bond donors (Lipinski definition) is 0. The van der Waals surface area contributed by atoms with Crippen LogP contribution in [0.5, 0.6) is 0 Å². The van der Waals surface area contributed by atoms with Crippen LogP contribution in [0.1, 0.15) is 50.3 Å². The van der Waals surface area contributed by atoms with Gasteiger partial charge in [-0.2, -0.15) is 0 Å². The smallest absolute Gasteiger partial charge is 0.331 e. The van der Waals surface area contributed by atoms with Crippen LogP contribution in [0.15, 0.2) is 71.3 Å². The highest BCUT2D eigenvalue weighted by molar-refractivity contribution is 5.82. The summed E-state index contributed by atoms with van der Waals surface area (Å²) in [5.74, 6) is 1.02. The minimum atomic E-state index is -0.755. The molecule has 4 aliphatic heterocycles. The number of oxazole rings is 1. The van der Waals surface area contributed by atoms with E-state index in [2.05, 4.69) is 24.0 Å². The summed E-state index contributed by atoms with van der Waals surface area (Å²) in [6.45, 7) is 7.83. The number of carbonyl (C=O) groups excluding carboxylic acids is 1. The molecule has 4 aliphatic rings. The number of piperidine rings is 4. The summed E-state index contributed by atoms with van der Waals surface area (Å²) < 4.78 is 13.2. The molecular formula is C31H38ClN3O3. The van der Waals surface area contributed by atoms with Gasteiger partial charge in [0.2, 0.25) is 5.89 Å². The fourth-order valence-electron chi connectivity index (χ4n) is 6.80. The van der Waals surface area contributed by atoms with Gasteiger partial charge in [0.15, 0.2) is 6.10 Å². The van der Waals surface area contributed by atoms with Gasteiger partial charge in [-0.25, -0.2) is 9.78 Å². The molecule has 1 aromatic heterocycles. The minimum Gasteiger partial charge on any atom is -1.00 e. The van der Waals surface area contributed by atoms with E-state index in [9.17, 15) is 4.79 Å². The number of halogens is 1. The maximum atomic E-state index is 14.0. The highest BCUT2D eigenvalue weighted by atomic mass is 35.5. The van der Waals surface area contributed by atoms with E-state index in [4.69, 9.17) is 14.1 Å². The Hall–Kier alpha value is -2.67. The molecule has 7 heteroatoms. The third-order valence-electron chi connectivity index (χ3n) is 9.09. The summed E-state index contributed by atoms with van der Waals surface area (Å²) in [4.78, 5) is 21.2. The number of aromatic nitrogens is 1. The Labute approximate surface area is 232 Å².